The van der Waals surface area contributed by atoms with E-state index in [-0.39, 0.29) is 11.2 Å². The lowest BCUT2D eigenvalue weighted by atomic mass is 10.00. The largest absolute Gasteiger partial charge is 0.337 e. The third kappa shape index (κ3) is 4.19. The quantitative estimate of drug-likeness (QED) is 0.601. The van der Waals surface area contributed by atoms with Crippen molar-refractivity contribution in [3.63, 3.8) is 0 Å². The van der Waals surface area contributed by atoms with Crippen molar-refractivity contribution in [2.75, 3.05) is 6.54 Å². The molecule has 1 amide bonds. The van der Waals surface area contributed by atoms with Gasteiger partial charge < -0.3 is 4.90 Å². The number of nitrogens with zero attached hydrogens (tertiary/aromatic N) is 5. The molecule has 0 fully saturated rings. The highest BCUT2D eigenvalue weighted by atomic mass is 32.2. The molecule has 150 valence electrons. The SMILES string of the molecule is CC(C)c1ccc(-n2nnnc2S[C@H](C)C(=O)N2CCc3ccccc3C2)cc1. The van der Waals surface area contributed by atoms with Crippen LogP contribution in [0, 0.1) is 0 Å². The number of amides is 1. The van der Waals surface area contributed by atoms with Crippen molar-refractivity contribution in [1.82, 2.24) is 25.1 Å². The third-order valence-electron chi connectivity index (χ3n) is 5.32. The van der Waals surface area contributed by atoms with Gasteiger partial charge in [0, 0.05) is 13.1 Å². The van der Waals surface area contributed by atoms with E-state index in [1.54, 1.807) is 4.68 Å². The average Bonchev–Trinajstić information content (AvgIpc) is 3.21. The van der Waals surface area contributed by atoms with Gasteiger partial charge in [0.25, 0.3) is 0 Å². The van der Waals surface area contributed by atoms with Crippen LogP contribution in [0.1, 0.15) is 43.4 Å². The molecule has 1 aliphatic heterocycles. The molecule has 0 saturated heterocycles. The van der Waals surface area contributed by atoms with E-state index < -0.39 is 0 Å². The van der Waals surface area contributed by atoms with E-state index >= 15 is 0 Å². The van der Waals surface area contributed by atoms with Gasteiger partial charge in [0.1, 0.15) is 0 Å². The monoisotopic (exact) mass is 407 g/mol. The van der Waals surface area contributed by atoms with Crippen molar-refractivity contribution in [3.8, 4) is 5.69 Å². The van der Waals surface area contributed by atoms with Crippen LogP contribution in [0.5, 0.6) is 0 Å². The van der Waals surface area contributed by atoms with E-state index in [0.717, 1.165) is 18.7 Å². The van der Waals surface area contributed by atoms with Gasteiger partial charge in [-0.3, -0.25) is 4.79 Å². The predicted molar refractivity (Wildman–Crippen MR) is 114 cm³/mol. The Morgan fingerprint density at radius 3 is 2.48 bits per heavy atom. The van der Waals surface area contributed by atoms with Crippen molar-refractivity contribution in [2.24, 2.45) is 0 Å². The molecular formula is C22H25N5OS. The van der Waals surface area contributed by atoms with Crippen LogP contribution in [0.2, 0.25) is 0 Å². The van der Waals surface area contributed by atoms with E-state index in [2.05, 4.69) is 59.7 Å². The summed E-state index contributed by atoms with van der Waals surface area (Å²) in [6, 6.07) is 16.6. The fraction of sp³-hybridized carbons (Fsp3) is 0.364. The van der Waals surface area contributed by atoms with Crippen LogP contribution in [0.3, 0.4) is 0 Å². The number of benzene rings is 2. The van der Waals surface area contributed by atoms with E-state index in [1.165, 1.54) is 28.5 Å². The minimum absolute atomic E-state index is 0.120. The number of fused-ring (bicyclic) bond motifs is 1. The Balaban J connectivity index is 1.46. The van der Waals surface area contributed by atoms with E-state index in [0.29, 0.717) is 17.6 Å². The van der Waals surface area contributed by atoms with Crippen LogP contribution in [0.4, 0.5) is 0 Å². The number of rotatable bonds is 5. The van der Waals surface area contributed by atoms with Crippen LogP contribution in [0.15, 0.2) is 53.7 Å². The van der Waals surface area contributed by atoms with Crippen LogP contribution < -0.4 is 0 Å². The number of carbonyl (C=O) groups excluding carboxylic acids is 1. The minimum Gasteiger partial charge on any atom is -0.337 e. The van der Waals surface area contributed by atoms with E-state index in [9.17, 15) is 4.79 Å². The summed E-state index contributed by atoms with van der Waals surface area (Å²) in [5.41, 5.74) is 4.74. The molecule has 0 aliphatic carbocycles. The van der Waals surface area contributed by atoms with Gasteiger partial charge in [0.2, 0.25) is 11.1 Å². The summed E-state index contributed by atoms with van der Waals surface area (Å²) in [4.78, 5) is 15.0. The molecule has 0 spiro atoms. The molecule has 7 heteroatoms. The van der Waals surface area contributed by atoms with Gasteiger partial charge in [-0.15, -0.1) is 5.10 Å². The second-order valence-corrected chi connectivity index (χ2v) is 8.97. The number of tetrazole rings is 1. The maximum absolute atomic E-state index is 13.0. The fourth-order valence-electron chi connectivity index (χ4n) is 3.56. The van der Waals surface area contributed by atoms with Gasteiger partial charge in [-0.2, -0.15) is 4.68 Å². The molecule has 0 radical (unpaired) electrons. The Hall–Kier alpha value is -2.67. The van der Waals surface area contributed by atoms with Crippen molar-refractivity contribution in [2.45, 2.75) is 50.1 Å². The molecule has 0 saturated carbocycles. The van der Waals surface area contributed by atoms with Crippen molar-refractivity contribution >= 4 is 17.7 Å². The molecule has 1 aromatic heterocycles. The van der Waals surface area contributed by atoms with Crippen molar-refractivity contribution in [1.29, 1.82) is 0 Å². The molecule has 1 atom stereocenters. The molecular weight excluding hydrogens is 382 g/mol. The first-order valence-corrected chi connectivity index (χ1v) is 10.8. The average molecular weight is 408 g/mol. The van der Waals surface area contributed by atoms with E-state index in [4.69, 9.17) is 0 Å². The first-order valence-electron chi connectivity index (χ1n) is 9.94. The van der Waals surface area contributed by atoms with Crippen LogP contribution in [-0.2, 0) is 17.8 Å². The van der Waals surface area contributed by atoms with Gasteiger partial charge in [0.05, 0.1) is 10.9 Å². The molecule has 0 unspecified atom stereocenters. The maximum atomic E-state index is 13.0. The fourth-order valence-corrected chi connectivity index (χ4v) is 4.46. The summed E-state index contributed by atoms with van der Waals surface area (Å²) in [6.45, 7) is 7.68. The molecule has 0 N–H and O–H groups in total. The lowest BCUT2D eigenvalue weighted by molar-refractivity contribution is -0.131. The summed E-state index contributed by atoms with van der Waals surface area (Å²) >= 11 is 1.40. The second kappa shape index (κ2) is 8.37. The predicted octanol–water partition coefficient (Wildman–Crippen LogP) is 3.85. The van der Waals surface area contributed by atoms with Gasteiger partial charge in [0.15, 0.2) is 0 Å². The highest BCUT2D eigenvalue weighted by molar-refractivity contribution is 8.00. The molecule has 2 aromatic carbocycles. The summed E-state index contributed by atoms with van der Waals surface area (Å²) in [5, 5.41) is 12.5. The normalized spacial score (nSPS) is 14.7. The minimum atomic E-state index is -0.264. The highest BCUT2D eigenvalue weighted by Gasteiger charge is 2.26. The molecule has 4 rings (SSSR count). The Morgan fingerprint density at radius 2 is 1.76 bits per heavy atom. The number of thioether (sulfide) groups is 1. The van der Waals surface area contributed by atoms with Crippen molar-refractivity contribution in [3.05, 3.63) is 65.2 Å². The Labute approximate surface area is 175 Å². The van der Waals surface area contributed by atoms with Crippen LogP contribution in [0.25, 0.3) is 5.69 Å². The lowest BCUT2D eigenvalue weighted by Gasteiger charge is -2.30. The first-order chi connectivity index (χ1) is 14.0. The molecule has 1 aliphatic rings. The Morgan fingerprint density at radius 1 is 1.03 bits per heavy atom. The standard InChI is InChI=1S/C22H25N5OS/c1-15(2)17-8-10-20(11-9-17)27-22(23-24-25-27)29-16(3)21(28)26-13-12-18-6-4-5-7-19(18)14-26/h4-11,15-16H,12-14H2,1-3H3/t16-/m1/s1. The summed E-state index contributed by atoms with van der Waals surface area (Å²) < 4.78 is 1.70. The zero-order valence-electron chi connectivity index (χ0n) is 16.9. The third-order valence-corrected chi connectivity index (χ3v) is 6.34. The van der Waals surface area contributed by atoms with Crippen LogP contribution in [-0.4, -0.2) is 42.8 Å². The highest BCUT2D eigenvalue weighted by Crippen LogP contribution is 2.27. The number of hydrogen-bond acceptors (Lipinski definition) is 5. The van der Waals surface area contributed by atoms with Crippen LogP contribution >= 0.6 is 11.8 Å². The molecule has 3 aromatic rings. The summed E-state index contributed by atoms with van der Waals surface area (Å²) in [6.07, 6.45) is 0.902. The second-order valence-electron chi connectivity index (χ2n) is 7.66. The van der Waals surface area contributed by atoms with Gasteiger partial charge in [-0.05, 0) is 58.5 Å². The Kier molecular flexibility index (Phi) is 5.67. The summed E-state index contributed by atoms with van der Waals surface area (Å²) in [7, 11) is 0. The van der Waals surface area contributed by atoms with Gasteiger partial charge in [-0.25, -0.2) is 0 Å². The van der Waals surface area contributed by atoms with Crippen molar-refractivity contribution < 1.29 is 4.79 Å². The Bertz CT molecular complexity index is 998. The topological polar surface area (TPSA) is 63.9 Å². The molecule has 0 bridgehead atoms. The maximum Gasteiger partial charge on any atom is 0.236 e. The number of hydrogen-bond donors (Lipinski definition) is 0. The zero-order chi connectivity index (χ0) is 20.4. The van der Waals surface area contributed by atoms with Gasteiger partial charge >= 0.3 is 0 Å². The van der Waals surface area contributed by atoms with E-state index in [1.807, 2.05) is 30.0 Å². The summed E-state index contributed by atoms with van der Waals surface area (Å²) in [5.74, 6) is 0.591. The van der Waals surface area contributed by atoms with Gasteiger partial charge in [-0.1, -0.05) is 62.0 Å². The lowest BCUT2D eigenvalue weighted by Crippen LogP contribution is -2.40. The smallest absolute Gasteiger partial charge is 0.236 e. The molecule has 29 heavy (non-hydrogen) atoms. The first kappa shape index (κ1) is 19.6. The molecule has 6 nitrogen and oxygen atoms in total. The zero-order valence-corrected chi connectivity index (χ0v) is 17.8. The number of aromatic nitrogens is 4. The molecule has 2 heterocycles. The number of carbonyl (C=O) groups is 1.